The second kappa shape index (κ2) is 12.7. The number of rotatable bonds is 7. The molecule has 0 saturated heterocycles. The lowest BCUT2D eigenvalue weighted by atomic mass is 9.89. The van der Waals surface area contributed by atoms with E-state index in [4.69, 9.17) is 14.6 Å². The first kappa shape index (κ1) is 32.8. The number of benzene rings is 2. The van der Waals surface area contributed by atoms with E-state index in [0.29, 0.717) is 12.1 Å². The molecule has 0 bridgehead atoms. The molecule has 1 heterocycles. The number of hydrogen-bond acceptors (Lipinski definition) is 5. The molecule has 0 aliphatic carbocycles. The summed E-state index contributed by atoms with van der Waals surface area (Å²) in [6.07, 6.45) is -17.4. The normalized spacial score (nSPS) is 17.5. The van der Waals surface area contributed by atoms with Crippen molar-refractivity contribution in [2.24, 2.45) is 0 Å². The van der Waals surface area contributed by atoms with Crippen molar-refractivity contribution in [3.63, 3.8) is 0 Å². The molecule has 42 heavy (non-hydrogen) atoms. The van der Waals surface area contributed by atoms with Gasteiger partial charge in [-0.25, -0.2) is 9.59 Å². The number of nitrogens with zero attached hydrogens (tertiary/aromatic N) is 1. The fourth-order valence-corrected chi connectivity index (χ4v) is 4.48. The predicted octanol–water partition coefficient (Wildman–Crippen LogP) is 6.87. The number of carbonyl (C=O) groups is 2. The van der Waals surface area contributed by atoms with Crippen LogP contribution in [0.25, 0.3) is 0 Å². The molecule has 2 amide bonds. The van der Waals surface area contributed by atoms with Crippen LogP contribution in [-0.4, -0.2) is 43.2 Å². The Labute approximate surface area is 233 Å². The Bertz CT molecular complexity index is 1250. The number of alkyl carbamates (subject to hydrolysis) is 1. The fourth-order valence-electron chi connectivity index (χ4n) is 4.48. The molecule has 0 aromatic heterocycles. The van der Waals surface area contributed by atoms with E-state index in [-0.39, 0.29) is 36.8 Å². The molecule has 0 saturated carbocycles. The van der Waals surface area contributed by atoms with Crippen LogP contribution in [0.5, 0.6) is 0 Å². The van der Waals surface area contributed by atoms with Crippen LogP contribution >= 0.6 is 0 Å². The second-order valence-corrected chi connectivity index (χ2v) is 9.27. The van der Waals surface area contributed by atoms with Crippen molar-refractivity contribution in [1.82, 2.24) is 5.32 Å². The SMILES string of the molecule is CCC1CC(NC(=O)OCCc2cc(C(F)(F)F)cc(C(F)(F)F)c2)c2cc(C(F)(F)F)ccc2N1C(=O)OCCO. The third-order valence-electron chi connectivity index (χ3n) is 6.41. The van der Waals surface area contributed by atoms with E-state index in [1.807, 2.05) is 0 Å². The molecule has 1 aliphatic rings. The summed E-state index contributed by atoms with van der Waals surface area (Å²) in [7, 11) is 0. The summed E-state index contributed by atoms with van der Waals surface area (Å²) in [5, 5.41) is 11.3. The lowest BCUT2D eigenvalue weighted by Gasteiger charge is -2.40. The van der Waals surface area contributed by atoms with Crippen molar-refractivity contribution in [1.29, 1.82) is 0 Å². The molecule has 232 valence electrons. The van der Waals surface area contributed by atoms with Crippen molar-refractivity contribution in [3.8, 4) is 0 Å². The fraction of sp³-hybridized carbons (Fsp3) is 0.462. The summed E-state index contributed by atoms with van der Waals surface area (Å²) in [5.74, 6) is 0. The molecular formula is C26H25F9N2O5. The number of anilines is 1. The lowest BCUT2D eigenvalue weighted by Crippen LogP contribution is -2.48. The highest BCUT2D eigenvalue weighted by Crippen LogP contribution is 2.42. The summed E-state index contributed by atoms with van der Waals surface area (Å²) in [5.41, 5.74) is -4.68. The molecule has 2 aromatic rings. The van der Waals surface area contributed by atoms with E-state index in [1.165, 1.54) is 0 Å². The number of ether oxygens (including phenoxy) is 2. The van der Waals surface area contributed by atoms with Gasteiger partial charge < -0.3 is 19.9 Å². The second-order valence-electron chi connectivity index (χ2n) is 9.27. The summed E-state index contributed by atoms with van der Waals surface area (Å²) in [6, 6.07) is 1.66. The number of hydrogen-bond donors (Lipinski definition) is 2. The number of halogens is 9. The monoisotopic (exact) mass is 616 g/mol. The van der Waals surface area contributed by atoms with Gasteiger partial charge in [-0.3, -0.25) is 4.90 Å². The number of nitrogens with one attached hydrogen (secondary N) is 1. The summed E-state index contributed by atoms with van der Waals surface area (Å²) >= 11 is 0. The molecular weight excluding hydrogens is 591 g/mol. The number of amides is 2. The topological polar surface area (TPSA) is 88.1 Å². The maximum atomic E-state index is 13.5. The van der Waals surface area contributed by atoms with E-state index in [1.54, 1.807) is 6.92 Å². The Hall–Kier alpha value is -3.69. The van der Waals surface area contributed by atoms with Gasteiger partial charge in [0.15, 0.2) is 0 Å². The number of carbonyl (C=O) groups excluding carboxylic acids is 2. The first-order valence-corrected chi connectivity index (χ1v) is 12.4. The zero-order valence-electron chi connectivity index (χ0n) is 21.8. The highest BCUT2D eigenvalue weighted by atomic mass is 19.4. The molecule has 0 radical (unpaired) electrons. The van der Waals surface area contributed by atoms with Gasteiger partial charge in [0.25, 0.3) is 0 Å². The van der Waals surface area contributed by atoms with Crippen LogP contribution in [-0.2, 0) is 34.4 Å². The van der Waals surface area contributed by atoms with Gasteiger partial charge in [-0.2, -0.15) is 39.5 Å². The molecule has 16 heteroatoms. The highest BCUT2D eigenvalue weighted by molar-refractivity contribution is 5.90. The Balaban J connectivity index is 1.81. The molecule has 0 spiro atoms. The molecule has 2 aromatic carbocycles. The standard InChI is InChI=1S/C26H25F9N2O5/c1-2-18-13-20(19-12-15(24(27,28)29)3-4-21(19)37(18)23(40)42-8-6-38)36-22(39)41-7-5-14-9-16(25(30,31)32)11-17(10-14)26(33,34)35/h3-4,9-12,18,20,38H,2,5-8,13H2,1H3,(H,36,39). The smallest absolute Gasteiger partial charge is 0.416 e. The Morgan fingerprint density at radius 1 is 0.881 bits per heavy atom. The number of alkyl halides is 9. The van der Waals surface area contributed by atoms with E-state index in [2.05, 4.69) is 5.32 Å². The summed E-state index contributed by atoms with van der Waals surface area (Å²) in [6.45, 7) is 0.158. The van der Waals surface area contributed by atoms with Crippen molar-refractivity contribution < 1.29 is 63.7 Å². The first-order chi connectivity index (χ1) is 19.5. The number of fused-ring (bicyclic) bond motifs is 1. The highest BCUT2D eigenvalue weighted by Gasteiger charge is 2.40. The Kier molecular flexibility index (Phi) is 9.90. The zero-order chi connectivity index (χ0) is 31.5. The quantitative estimate of drug-likeness (QED) is 0.332. The number of aliphatic hydroxyl groups is 1. The molecule has 1 aliphatic heterocycles. The van der Waals surface area contributed by atoms with Crippen molar-refractivity contribution in [3.05, 3.63) is 64.2 Å². The average Bonchev–Trinajstić information content (AvgIpc) is 2.89. The minimum Gasteiger partial charge on any atom is -0.449 e. The van der Waals surface area contributed by atoms with E-state index in [9.17, 15) is 49.1 Å². The van der Waals surface area contributed by atoms with Gasteiger partial charge in [0, 0.05) is 12.5 Å². The lowest BCUT2D eigenvalue weighted by molar-refractivity contribution is -0.143. The van der Waals surface area contributed by atoms with Crippen LogP contribution in [0.2, 0.25) is 0 Å². The van der Waals surface area contributed by atoms with E-state index < -0.39 is 84.7 Å². The molecule has 3 rings (SSSR count). The van der Waals surface area contributed by atoms with Crippen molar-refractivity contribution in [2.45, 2.75) is 56.8 Å². The van der Waals surface area contributed by atoms with Gasteiger partial charge in [-0.15, -0.1) is 0 Å². The summed E-state index contributed by atoms with van der Waals surface area (Å²) < 4.78 is 129. The Morgan fingerprint density at radius 2 is 1.48 bits per heavy atom. The summed E-state index contributed by atoms with van der Waals surface area (Å²) in [4.78, 5) is 26.3. The van der Waals surface area contributed by atoms with Crippen molar-refractivity contribution in [2.75, 3.05) is 24.7 Å². The minimum absolute atomic E-state index is 0.00187. The van der Waals surface area contributed by atoms with E-state index >= 15 is 0 Å². The molecule has 2 atom stereocenters. The van der Waals surface area contributed by atoms with Gasteiger partial charge in [-0.1, -0.05) is 6.92 Å². The van der Waals surface area contributed by atoms with Crippen molar-refractivity contribution >= 4 is 17.9 Å². The van der Waals surface area contributed by atoms with Crippen LogP contribution in [0.15, 0.2) is 36.4 Å². The molecule has 2 N–H and O–H groups in total. The maximum absolute atomic E-state index is 13.5. The third-order valence-corrected chi connectivity index (χ3v) is 6.41. The molecule has 0 fully saturated rings. The first-order valence-electron chi connectivity index (χ1n) is 12.4. The van der Waals surface area contributed by atoms with Crippen LogP contribution < -0.4 is 10.2 Å². The molecule has 7 nitrogen and oxygen atoms in total. The van der Waals surface area contributed by atoms with Gasteiger partial charge in [0.05, 0.1) is 41.6 Å². The largest absolute Gasteiger partial charge is 0.449 e. The Morgan fingerprint density at radius 3 is 2.00 bits per heavy atom. The predicted molar refractivity (Wildman–Crippen MR) is 128 cm³/mol. The van der Waals surface area contributed by atoms with Crippen LogP contribution in [0, 0.1) is 0 Å². The third kappa shape index (κ3) is 7.98. The zero-order valence-corrected chi connectivity index (χ0v) is 21.8. The van der Waals surface area contributed by atoms with Gasteiger partial charge in [0.1, 0.15) is 6.61 Å². The maximum Gasteiger partial charge on any atom is 0.416 e. The number of aliphatic hydroxyl groups excluding tert-OH is 1. The van der Waals surface area contributed by atoms with Gasteiger partial charge >= 0.3 is 30.7 Å². The van der Waals surface area contributed by atoms with Crippen LogP contribution in [0.4, 0.5) is 54.8 Å². The minimum atomic E-state index is -5.06. The van der Waals surface area contributed by atoms with Crippen LogP contribution in [0.1, 0.15) is 53.6 Å². The van der Waals surface area contributed by atoms with Crippen LogP contribution in [0.3, 0.4) is 0 Å². The molecule has 2 unspecified atom stereocenters. The van der Waals surface area contributed by atoms with Gasteiger partial charge in [-0.05, 0) is 60.4 Å². The van der Waals surface area contributed by atoms with Gasteiger partial charge in [0.2, 0.25) is 0 Å². The van der Waals surface area contributed by atoms with E-state index in [0.717, 1.165) is 23.1 Å². The average molecular weight is 616 g/mol.